The Balaban J connectivity index is 1.91. The highest BCUT2D eigenvalue weighted by molar-refractivity contribution is 6.99. The highest BCUT2D eigenvalue weighted by atomic mass is 28.4. The van der Waals surface area contributed by atoms with Gasteiger partial charge in [-0.2, -0.15) is 0 Å². The molecule has 0 aliphatic carbocycles. The van der Waals surface area contributed by atoms with Gasteiger partial charge in [-0.25, -0.2) is 0 Å². The quantitative estimate of drug-likeness (QED) is 0.277. The first kappa shape index (κ1) is 28.7. The fraction of sp³-hybridized carbons (Fsp3) is 0.375. The number of benzene rings is 3. The van der Waals surface area contributed by atoms with Crippen LogP contribution in [-0.2, 0) is 15.8 Å². The Morgan fingerprint density at radius 2 is 1.32 bits per heavy atom. The van der Waals surface area contributed by atoms with E-state index in [1.807, 2.05) is 43.3 Å². The minimum atomic E-state index is -2.72. The van der Waals surface area contributed by atoms with E-state index in [9.17, 15) is 5.11 Å². The molecule has 1 N–H and O–H groups in total. The van der Waals surface area contributed by atoms with Crippen molar-refractivity contribution < 1.29 is 19.0 Å². The van der Waals surface area contributed by atoms with E-state index in [-0.39, 0.29) is 5.04 Å². The molecule has 0 saturated heterocycles. The Bertz CT molecular complexity index is 1120. The molecule has 0 spiro atoms. The van der Waals surface area contributed by atoms with E-state index in [4.69, 9.17) is 20.3 Å². The average molecular weight is 517 g/mol. The second-order valence-electron chi connectivity index (χ2n) is 10.8. The standard InChI is InChI=1S/C32H40O4Si/c1-8-31(5,33)32(6,35-25-26-19-21-27(34-7)22-20-26)23-24-36-37(30(2,3)4,28-15-11-9-12-16-28)29-17-13-10-14-18-29/h1,9-22,33H,23-25H2,2-7H3/t31-,32-/m1/s1. The predicted molar refractivity (Wildman–Crippen MR) is 154 cm³/mol. The Kier molecular flexibility index (Phi) is 9.04. The van der Waals surface area contributed by atoms with E-state index < -0.39 is 19.5 Å². The zero-order valence-corrected chi connectivity index (χ0v) is 24.0. The van der Waals surface area contributed by atoms with Crippen LogP contribution in [0.5, 0.6) is 5.75 Å². The Hall–Kier alpha value is -2.88. The lowest BCUT2D eigenvalue weighted by molar-refractivity contribution is -0.154. The maximum Gasteiger partial charge on any atom is 0.261 e. The van der Waals surface area contributed by atoms with Crippen LogP contribution in [0, 0.1) is 12.3 Å². The second-order valence-corrected chi connectivity index (χ2v) is 15.2. The van der Waals surface area contributed by atoms with E-state index >= 15 is 0 Å². The topological polar surface area (TPSA) is 47.9 Å². The maximum atomic E-state index is 11.2. The molecule has 2 atom stereocenters. The lowest BCUT2D eigenvalue weighted by Gasteiger charge is -2.45. The number of rotatable bonds is 11. The van der Waals surface area contributed by atoms with Gasteiger partial charge < -0.3 is 19.0 Å². The number of terminal acetylenes is 1. The van der Waals surface area contributed by atoms with Crippen LogP contribution in [0.15, 0.2) is 84.9 Å². The third-order valence-corrected chi connectivity index (χ3v) is 12.4. The summed E-state index contributed by atoms with van der Waals surface area (Å²) in [6.07, 6.45) is 6.20. The number of aliphatic hydroxyl groups is 1. The van der Waals surface area contributed by atoms with Gasteiger partial charge in [0.2, 0.25) is 0 Å². The molecule has 0 bridgehead atoms. The molecule has 3 rings (SSSR count). The van der Waals surface area contributed by atoms with Crippen LogP contribution in [-0.4, -0.2) is 38.3 Å². The van der Waals surface area contributed by atoms with Gasteiger partial charge in [-0.1, -0.05) is 99.5 Å². The minimum Gasteiger partial charge on any atom is -0.497 e. The number of hydrogen-bond acceptors (Lipinski definition) is 4. The van der Waals surface area contributed by atoms with E-state index in [0.29, 0.717) is 19.6 Å². The Morgan fingerprint density at radius 1 is 0.811 bits per heavy atom. The van der Waals surface area contributed by atoms with Gasteiger partial charge in [0.25, 0.3) is 8.32 Å². The number of methoxy groups -OCH3 is 1. The van der Waals surface area contributed by atoms with Gasteiger partial charge in [0.15, 0.2) is 5.60 Å². The van der Waals surface area contributed by atoms with E-state index in [1.165, 1.54) is 10.4 Å². The van der Waals surface area contributed by atoms with Crippen LogP contribution >= 0.6 is 0 Å². The average Bonchev–Trinajstić information content (AvgIpc) is 2.90. The summed E-state index contributed by atoms with van der Waals surface area (Å²) in [6.45, 7) is 10.9. The monoisotopic (exact) mass is 516 g/mol. The Labute approximate surface area is 223 Å². The molecule has 0 heterocycles. The van der Waals surface area contributed by atoms with Crippen LogP contribution in [0.3, 0.4) is 0 Å². The third-order valence-electron chi connectivity index (χ3n) is 7.34. The lowest BCUT2D eigenvalue weighted by Crippen LogP contribution is -2.67. The van der Waals surface area contributed by atoms with Crippen molar-refractivity contribution in [1.29, 1.82) is 0 Å². The van der Waals surface area contributed by atoms with Crippen molar-refractivity contribution in [3.63, 3.8) is 0 Å². The molecule has 0 unspecified atom stereocenters. The van der Waals surface area contributed by atoms with Crippen molar-refractivity contribution in [2.75, 3.05) is 13.7 Å². The van der Waals surface area contributed by atoms with E-state index in [1.54, 1.807) is 14.0 Å². The summed E-state index contributed by atoms with van der Waals surface area (Å²) in [5.41, 5.74) is -1.56. The maximum absolute atomic E-state index is 11.2. The summed E-state index contributed by atoms with van der Waals surface area (Å²) in [7, 11) is -1.08. The first-order valence-electron chi connectivity index (χ1n) is 12.7. The van der Waals surface area contributed by atoms with Crippen LogP contribution in [0.25, 0.3) is 0 Å². The van der Waals surface area contributed by atoms with Crippen LogP contribution in [0.4, 0.5) is 0 Å². The van der Waals surface area contributed by atoms with Crippen molar-refractivity contribution in [2.45, 2.75) is 63.9 Å². The van der Waals surface area contributed by atoms with Gasteiger partial charge in [-0.15, -0.1) is 6.42 Å². The molecule has 3 aromatic carbocycles. The molecular formula is C32H40O4Si. The smallest absolute Gasteiger partial charge is 0.261 e. The van der Waals surface area contributed by atoms with Crippen LogP contribution in [0.1, 0.15) is 46.6 Å². The van der Waals surface area contributed by atoms with Crippen molar-refractivity contribution >= 4 is 18.7 Å². The van der Waals surface area contributed by atoms with Gasteiger partial charge in [0, 0.05) is 13.0 Å². The first-order chi connectivity index (χ1) is 17.5. The fourth-order valence-corrected chi connectivity index (χ4v) is 9.30. The zero-order valence-electron chi connectivity index (χ0n) is 23.0. The number of ether oxygens (including phenoxy) is 2. The highest BCUT2D eigenvalue weighted by Crippen LogP contribution is 2.38. The molecule has 4 nitrogen and oxygen atoms in total. The zero-order chi connectivity index (χ0) is 27.2. The molecule has 0 saturated carbocycles. The minimum absolute atomic E-state index is 0.148. The lowest BCUT2D eigenvalue weighted by atomic mass is 9.83. The van der Waals surface area contributed by atoms with Gasteiger partial charge in [0.1, 0.15) is 11.4 Å². The molecule has 0 aromatic heterocycles. The molecule has 37 heavy (non-hydrogen) atoms. The summed E-state index contributed by atoms with van der Waals surface area (Å²) in [5, 5.41) is 13.5. The molecule has 0 aliphatic rings. The summed E-state index contributed by atoms with van der Waals surface area (Å²) >= 11 is 0. The highest BCUT2D eigenvalue weighted by Gasteiger charge is 2.51. The SMILES string of the molecule is C#C[C@@](C)(O)[C@@](C)(CCO[Si](c1ccccc1)(c1ccccc1)C(C)(C)C)OCc1ccc(OC)cc1. The molecule has 5 heteroatoms. The molecule has 196 valence electrons. The van der Waals surface area contributed by atoms with Gasteiger partial charge >= 0.3 is 0 Å². The molecule has 3 aromatic rings. The third kappa shape index (κ3) is 6.17. The summed E-state index contributed by atoms with van der Waals surface area (Å²) < 4.78 is 18.7. The van der Waals surface area contributed by atoms with E-state index in [0.717, 1.165) is 11.3 Å². The molecule has 0 amide bonds. The van der Waals surface area contributed by atoms with Gasteiger partial charge in [-0.3, -0.25) is 0 Å². The van der Waals surface area contributed by atoms with Gasteiger partial charge in [0.05, 0.1) is 13.7 Å². The Morgan fingerprint density at radius 3 is 1.76 bits per heavy atom. The summed E-state index contributed by atoms with van der Waals surface area (Å²) in [6, 6.07) is 28.7. The normalized spacial score (nSPS) is 15.3. The van der Waals surface area contributed by atoms with Crippen LogP contribution < -0.4 is 15.1 Å². The summed E-state index contributed by atoms with van der Waals surface area (Å²) in [5.74, 6) is 3.32. The van der Waals surface area contributed by atoms with Crippen molar-refractivity contribution in [2.24, 2.45) is 0 Å². The van der Waals surface area contributed by atoms with Crippen molar-refractivity contribution in [1.82, 2.24) is 0 Å². The molecule has 0 aliphatic heterocycles. The van der Waals surface area contributed by atoms with Crippen molar-refractivity contribution in [3.8, 4) is 18.1 Å². The molecule has 0 fully saturated rings. The second kappa shape index (κ2) is 11.7. The molecule has 0 radical (unpaired) electrons. The molecular weight excluding hydrogens is 476 g/mol. The van der Waals surface area contributed by atoms with E-state index in [2.05, 4.69) is 75.2 Å². The fourth-order valence-electron chi connectivity index (χ4n) is 4.73. The van der Waals surface area contributed by atoms with Crippen LogP contribution in [0.2, 0.25) is 5.04 Å². The predicted octanol–water partition coefficient (Wildman–Crippen LogP) is 5.32. The summed E-state index contributed by atoms with van der Waals surface area (Å²) in [4.78, 5) is 0. The number of hydrogen-bond donors (Lipinski definition) is 1. The first-order valence-corrected chi connectivity index (χ1v) is 14.6. The van der Waals surface area contributed by atoms with Crippen molar-refractivity contribution in [3.05, 3.63) is 90.5 Å². The largest absolute Gasteiger partial charge is 0.497 e. The van der Waals surface area contributed by atoms with Gasteiger partial charge in [-0.05, 0) is 47.0 Å².